The van der Waals surface area contributed by atoms with Crippen molar-refractivity contribution in [1.82, 2.24) is 15.5 Å². The van der Waals surface area contributed by atoms with Crippen molar-refractivity contribution < 1.29 is 9.18 Å². The number of hydrogen-bond acceptors (Lipinski definition) is 6. The zero-order chi connectivity index (χ0) is 18.8. The molecule has 0 bridgehead atoms. The number of thioether (sulfide) groups is 1. The molecule has 1 aliphatic heterocycles. The number of hydrogen-bond donors (Lipinski definition) is 1. The van der Waals surface area contributed by atoms with E-state index in [4.69, 9.17) is 11.6 Å². The molecular formula is C18H10ClFN4OS2. The van der Waals surface area contributed by atoms with Crippen molar-refractivity contribution in [3.05, 3.63) is 69.8 Å². The van der Waals surface area contributed by atoms with Crippen LogP contribution in [0.25, 0.3) is 16.6 Å². The number of rotatable bonds is 3. The van der Waals surface area contributed by atoms with Crippen LogP contribution in [-0.2, 0) is 4.79 Å². The van der Waals surface area contributed by atoms with E-state index in [2.05, 4.69) is 20.5 Å². The van der Waals surface area contributed by atoms with E-state index in [9.17, 15) is 9.18 Å². The number of halogens is 2. The minimum atomic E-state index is -0.388. The number of benzene rings is 2. The molecule has 0 atom stereocenters. The van der Waals surface area contributed by atoms with Gasteiger partial charge in [0.15, 0.2) is 5.17 Å². The Morgan fingerprint density at radius 3 is 2.67 bits per heavy atom. The van der Waals surface area contributed by atoms with Gasteiger partial charge < -0.3 is 5.32 Å². The number of nitrogens with one attached hydrogen (secondary N) is 1. The molecule has 0 spiro atoms. The molecule has 0 aliphatic carbocycles. The number of aliphatic imine (C=N–C) groups is 1. The fraction of sp³-hybridized carbons (Fsp3) is 0. The van der Waals surface area contributed by atoms with Gasteiger partial charge in [0.2, 0.25) is 5.13 Å². The number of amidine groups is 1. The molecule has 1 amide bonds. The van der Waals surface area contributed by atoms with Crippen molar-refractivity contribution >= 4 is 57.0 Å². The van der Waals surface area contributed by atoms with Crippen LogP contribution in [0.5, 0.6) is 0 Å². The molecule has 134 valence electrons. The molecular weight excluding hydrogens is 407 g/mol. The van der Waals surface area contributed by atoms with Gasteiger partial charge in [0.25, 0.3) is 5.91 Å². The van der Waals surface area contributed by atoms with Crippen LogP contribution in [0, 0.1) is 5.82 Å². The molecule has 5 nitrogen and oxygen atoms in total. The highest BCUT2D eigenvalue weighted by atomic mass is 35.5. The first-order valence-corrected chi connectivity index (χ1v) is 9.73. The predicted molar refractivity (Wildman–Crippen MR) is 108 cm³/mol. The smallest absolute Gasteiger partial charge is 0.264 e. The standard InChI is InChI=1S/C18H10ClFN4OS2/c19-12-7-5-10(6-8-12)16-23-24-18(27-16)22-17-21-15(25)14(26-17)9-11-3-1-2-4-13(11)20/h1-9H,(H,21,22,24,25)/b14-9-. The van der Waals surface area contributed by atoms with Gasteiger partial charge in [-0.05, 0) is 36.0 Å². The normalized spacial score (nSPS) is 16.9. The third-order valence-corrected chi connectivity index (χ3v) is 5.57. The molecule has 0 saturated carbocycles. The summed E-state index contributed by atoms with van der Waals surface area (Å²) in [6.07, 6.45) is 1.50. The summed E-state index contributed by atoms with van der Waals surface area (Å²) in [5.74, 6) is -0.718. The lowest BCUT2D eigenvalue weighted by Crippen LogP contribution is -2.19. The molecule has 2 heterocycles. The van der Waals surface area contributed by atoms with Crippen molar-refractivity contribution in [3.8, 4) is 10.6 Å². The van der Waals surface area contributed by atoms with Crippen LogP contribution in [0.1, 0.15) is 5.56 Å². The first-order chi connectivity index (χ1) is 13.1. The van der Waals surface area contributed by atoms with E-state index in [-0.39, 0.29) is 11.7 Å². The average Bonchev–Trinajstić information content (AvgIpc) is 3.25. The Labute approximate surface area is 167 Å². The molecule has 0 radical (unpaired) electrons. The molecule has 4 rings (SSSR count). The first-order valence-electron chi connectivity index (χ1n) is 7.72. The Bertz CT molecular complexity index is 1080. The van der Waals surface area contributed by atoms with Crippen LogP contribution >= 0.6 is 34.7 Å². The Balaban J connectivity index is 1.55. The summed E-state index contributed by atoms with van der Waals surface area (Å²) in [6, 6.07) is 13.5. The van der Waals surface area contributed by atoms with Crippen molar-refractivity contribution in [1.29, 1.82) is 0 Å². The molecule has 1 fully saturated rings. The third-order valence-electron chi connectivity index (χ3n) is 3.55. The second kappa shape index (κ2) is 7.59. The summed E-state index contributed by atoms with van der Waals surface area (Å²) in [6.45, 7) is 0. The van der Waals surface area contributed by atoms with Gasteiger partial charge in [0.05, 0.1) is 4.91 Å². The summed E-state index contributed by atoms with van der Waals surface area (Å²) >= 11 is 8.31. The van der Waals surface area contributed by atoms with Gasteiger partial charge in [-0.3, -0.25) is 4.79 Å². The van der Waals surface area contributed by atoms with Gasteiger partial charge in [-0.25, -0.2) is 4.39 Å². The largest absolute Gasteiger partial charge is 0.300 e. The van der Waals surface area contributed by atoms with E-state index in [1.165, 1.54) is 23.5 Å². The van der Waals surface area contributed by atoms with E-state index in [0.29, 0.717) is 30.8 Å². The van der Waals surface area contributed by atoms with E-state index in [1.54, 1.807) is 30.3 Å². The van der Waals surface area contributed by atoms with Crippen LogP contribution in [0.15, 0.2) is 58.4 Å². The molecule has 2 aromatic carbocycles. The van der Waals surface area contributed by atoms with Crippen LogP contribution in [0.3, 0.4) is 0 Å². The number of carbonyl (C=O) groups excluding carboxylic acids is 1. The maximum absolute atomic E-state index is 13.8. The summed E-state index contributed by atoms with van der Waals surface area (Å²) in [5.41, 5.74) is 1.23. The average molecular weight is 417 g/mol. The van der Waals surface area contributed by atoms with E-state index in [0.717, 1.165) is 17.3 Å². The number of nitrogens with zero attached hydrogens (tertiary/aromatic N) is 3. The van der Waals surface area contributed by atoms with E-state index >= 15 is 0 Å². The van der Waals surface area contributed by atoms with Crippen molar-refractivity contribution in [2.45, 2.75) is 0 Å². The van der Waals surface area contributed by atoms with Crippen LogP contribution in [0.4, 0.5) is 9.52 Å². The second-order valence-corrected chi connectivity index (χ2v) is 7.82. The Kier molecular flexibility index (Phi) is 5.02. The number of carbonyl (C=O) groups is 1. The minimum Gasteiger partial charge on any atom is -0.300 e. The van der Waals surface area contributed by atoms with Gasteiger partial charge in [-0.15, -0.1) is 10.2 Å². The Morgan fingerprint density at radius 1 is 1.11 bits per heavy atom. The predicted octanol–water partition coefficient (Wildman–Crippen LogP) is 4.89. The number of amides is 1. The maximum Gasteiger partial charge on any atom is 0.264 e. The lowest BCUT2D eigenvalue weighted by atomic mass is 10.2. The molecule has 27 heavy (non-hydrogen) atoms. The Morgan fingerprint density at radius 2 is 1.89 bits per heavy atom. The van der Waals surface area contributed by atoms with Gasteiger partial charge in [-0.2, -0.15) is 4.99 Å². The van der Waals surface area contributed by atoms with Crippen LogP contribution in [0.2, 0.25) is 5.02 Å². The Hall–Kier alpha value is -2.55. The van der Waals surface area contributed by atoms with Crippen LogP contribution in [-0.4, -0.2) is 21.3 Å². The molecule has 1 N–H and O–H groups in total. The molecule has 0 unspecified atom stereocenters. The summed E-state index contributed by atoms with van der Waals surface area (Å²) in [4.78, 5) is 16.8. The second-order valence-electron chi connectivity index (χ2n) is 5.40. The monoisotopic (exact) mass is 416 g/mol. The SMILES string of the molecule is O=C1NC(=Nc2nnc(-c3ccc(Cl)cc3)s2)S/C1=C\c1ccccc1F. The maximum atomic E-state index is 13.8. The van der Waals surface area contributed by atoms with Crippen molar-refractivity contribution in [2.75, 3.05) is 0 Å². The highest BCUT2D eigenvalue weighted by Gasteiger charge is 2.24. The topological polar surface area (TPSA) is 67.2 Å². The summed E-state index contributed by atoms with van der Waals surface area (Å²) < 4.78 is 13.8. The van der Waals surface area contributed by atoms with Crippen molar-refractivity contribution in [3.63, 3.8) is 0 Å². The highest BCUT2D eigenvalue weighted by molar-refractivity contribution is 8.18. The zero-order valence-corrected chi connectivity index (χ0v) is 15.9. The number of aromatic nitrogens is 2. The van der Waals surface area contributed by atoms with E-state index < -0.39 is 0 Å². The molecule has 3 aromatic rings. The van der Waals surface area contributed by atoms with Gasteiger partial charge in [0, 0.05) is 16.1 Å². The fourth-order valence-electron chi connectivity index (χ4n) is 2.27. The first kappa shape index (κ1) is 17.8. The van der Waals surface area contributed by atoms with Crippen LogP contribution < -0.4 is 5.32 Å². The lowest BCUT2D eigenvalue weighted by Gasteiger charge is -1.96. The third kappa shape index (κ3) is 4.08. The highest BCUT2D eigenvalue weighted by Crippen LogP contribution is 2.32. The quantitative estimate of drug-likeness (QED) is 0.617. The van der Waals surface area contributed by atoms with E-state index in [1.807, 2.05) is 12.1 Å². The van der Waals surface area contributed by atoms with Gasteiger partial charge in [0.1, 0.15) is 10.8 Å². The van der Waals surface area contributed by atoms with Crippen molar-refractivity contribution in [2.24, 2.45) is 4.99 Å². The van der Waals surface area contributed by atoms with Gasteiger partial charge in [-0.1, -0.05) is 53.3 Å². The molecule has 1 aromatic heterocycles. The minimum absolute atomic E-state index is 0.329. The molecule has 1 saturated heterocycles. The summed E-state index contributed by atoms with van der Waals surface area (Å²) in [7, 11) is 0. The zero-order valence-electron chi connectivity index (χ0n) is 13.5. The molecule has 1 aliphatic rings. The fourth-order valence-corrected chi connectivity index (χ4v) is 4.00. The van der Waals surface area contributed by atoms with Gasteiger partial charge >= 0.3 is 0 Å². The lowest BCUT2D eigenvalue weighted by molar-refractivity contribution is -0.115. The molecule has 9 heteroatoms. The summed E-state index contributed by atoms with van der Waals surface area (Å²) in [5, 5.41) is 12.9.